The third-order valence-electron chi connectivity index (χ3n) is 3.18. The standard InChI is InChI=1S/C14H19N3/c1-10-5-6-12(7-11(10)2)14-13(8-15-3)17(4)9-16-14/h5-7,9,15H,8H2,1-4H3. The monoisotopic (exact) mass is 229 g/mol. The predicted molar refractivity (Wildman–Crippen MR) is 70.9 cm³/mol. The third-order valence-corrected chi connectivity index (χ3v) is 3.18. The fraction of sp³-hybridized carbons (Fsp3) is 0.357. The molecule has 0 atom stereocenters. The lowest BCUT2D eigenvalue weighted by Crippen LogP contribution is -2.09. The lowest BCUT2D eigenvalue weighted by atomic mass is 10.0. The molecule has 0 unspecified atom stereocenters. The summed E-state index contributed by atoms with van der Waals surface area (Å²) in [7, 11) is 3.99. The van der Waals surface area contributed by atoms with E-state index in [1.807, 2.05) is 20.4 Å². The van der Waals surface area contributed by atoms with Crippen molar-refractivity contribution in [1.82, 2.24) is 14.9 Å². The first-order chi connectivity index (χ1) is 8.13. The summed E-state index contributed by atoms with van der Waals surface area (Å²) < 4.78 is 2.07. The molecular formula is C14H19N3. The van der Waals surface area contributed by atoms with Gasteiger partial charge < -0.3 is 9.88 Å². The molecule has 2 rings (SSSR count). The summed E-state index contributed by atoms with van der Waals surface area (Å²) in [5.41, 5.74) is 6.11. The van der Waals surface area contributed by atoms with Crippen LogP contribution in [0.2, 0.25) is 0 Å². The van der Waals surface area contributed by atoms with Gasteiger partial charge in [0.1, 0.15) is 0 Å². The van der Waals surface area contributed by atoms with Crippen molar-refractivity contribution in [2.75, 3.05) is 7.05 Å². The van der Waals surface area contributed by atoms with Gasteiger partial charge in [0.05, 0.1) is 17.7 Å². The average Bonchev–Trinajstić information content (AvgIpc) is 2.66. The summed E-state index contributed by atoms with van der Waals surface area (Å²) in [6, 6.07) is 6.50. The van der Waals surface area contributed by atoms with Crippen molar-refractivity contribution in [3.63, 3.8) is 0 Å². The highest BCUT2D eigenvalue weighted by Crippen LogP contribution is 2.23. The van der Waals surface area contributed by atoms with E-state index < -0.39 is 0 Å². The molecule has 0 radical (unpaired) electrons. The lowest BCUT2D eigenvalue weighted by Gasteiger charge is -2.07. The minimum Gasteiger partial charge on any atom is -0.336 e. The maximum Gasteiger partial charge on any atom is 0.0953 e. The van der Waals surface area contributed by atoms with Crippen molar-refractivity contribution in [2.24, 2.45) is 7.05 Å². The first-order valence-electron chi connectivity index (χ1n) is 5.86. The van der Waals surface area contributed by atoms with Crippen molar-refractivity contribution in [2.45, 2.75) is 20.4 Å². The molecule has 0 spiro atoms. The molecule has 17 heavy (non-hydrogen) atoms. The van der Waals surface area contributed by atoms with Crippen LogP contribution in [0.1, 0.15) is 16.8 Å². The molecular weight excluding hydrogens is 210 g/mol. The van der Waals surface area contributed by atoms with Gasteiger partial charge in [-0.1, -0.05) is 12.1 Å². The van der Waals surface area contributed by atoms with Crippen LogP contribution in [-0.4, -0.2) is 16.6 Å². The van der Waals surface area contributed by atoms with Gasteiger partial charge >= 0.3 is 0 Å². The van der Waals surface area contributed by atoms with Crippen molar-refractivity contribution in [1.29, 1.82) is 0 Å². The molecule has 0 saturated heterocycles. The number of hydrogen-bond donors (Lipinski definition) is 1. The Morgan fingerprint density at radius 1 is 1.24 bits per heavy atom. The van der Waals surface area contributed by atoms with E-state index in [0.29, 0.717) is 0 Å². The van der Waals surface area contributed by atoms with Crippen molar-refractivity contribution < 1.29 is 0 Å². The summed E-state index contributed by atoms with van der Waals surface area (Å²) in [6.07, 6.45) is 1.87. The molecule has 1 aromatic heterocycles. The molecule has 0 fully saturated rings. The summed E-state index contributed by atoms with van der Waals surface area (Å²) in [5, 5.41) is 3.19. The Morgan fingerprint density at radius 2 is 2.00 bits per heavy atom. The van der Waals surface area contributed by atoms with Gasteiger partial charge in [0.25, 0.3) is 0 Å². The van der Waals surface area contributed by atoms with Crippen LogP contribution in [0.3, 0.4) is 0 Å². The van der Waals surface area contributed by atoms with E-state index in [9.17, 15) is 0 Å². The minimum atomic E-state index is 0.832. The van der Waals surface area contributed by atoms with Crippen molar-refractivity contribution in [3.8, 4) is 11.3 Å². The highest BCUT2D eigenvalue weighted by atomic mass is 15.1. The van der Waals surface area contributed by atoms with Gasteiger partial charge in [0.15, 0.2) is 0 Å². The fourth-order valence-corrected chi connectivity index (χ4v) is 1.96. The first-order valence-corrected chi connectivity index (χ1v) is 5.86. The predicted octanol–water partition coefficient (Wildman–Crippen LogP) is 2.42. The van der Waals surface area contributed by atoms with Crippen LogP contribution < -0.4 is 5.32 Å². The van der Waals surface area contributed by atoms with Crippen LogP contribution in [0.25, 0.3) is 11.3 Å². The fourth-order valence-electron chi connectivity index (χ4n) is 1.96. The quantitative estimate of drug-likeness (QED) is 0.876. The SMILES string of the molecule is CNCc1c(-c2ccc(C)c(C)c2)ncn1C. The number of nitrogens with one attached hydrogen (secondary N) is 1. The summed E-state index contributed by atoms with van der Waals surface area (Å²) >= 11 is 0. The molecule has 2 aromatic rings. The number of nitrogens with zero attached hydrogens (tertiary/aromatic N) is 2. The Kier molecular flexibility index (Phi) is 3.29. The Hall–Kier alpha value is -1.61. The first kappa shape index (κ1) is 11.9. The van der Waals surface area contributed by atoms with Gasteiger partial charge in [-0.15, -0.1) is 0 Å². The maximum absolute atomic E-state index is 4.50. The van der Waals surface area contributed by atoms with Crippen LogP contribution in [0.4, 0.5) is 0 Å². The van der Waals surface area contributed by atoms with E-state index in [1.54, 1.807) is 0 Å². The van der Waals surface area contributed by atoms with Crippen molar-refractivity contribution >= 4 is 0 Å². The summed E-state index contributed by atoms with van der Waals surface area (Å²) in [4.78, 5) is 4.50. The van der Waals surface area contributed by atoms with Crippen LogP contribution in [0, 0.1) is 13.8 Å². The molecule has 0 aliphatic carbocycles. The highest BCUT2D eigenvalue weighted by molar-refractivity contribution is 5.63. The summed E-state index contributed by atoms with van der Waals surface area (Å²) in [5.74, 6) is 0. The Balaban J connectivity index is 2.48. The number of hydrogen-bond acceptors (Lipinski definition) is 2. The number of imidazole rings is 1. The van der Waals surface area contributed by atoms with Crippen LogP contribution in [-0.2, 0) is 13.6 Å². The maximum atomic E-state index is 4.50. The van der Waals surface area contributed by atoms with Crippen LogP contribution in [0.5, 0.6) is 0 Å². The van der Waals surface area contributed by atoms with E-state index in [4.69, 9.17) is 0 Å². The molecule has 0 aliphatic rings. The number of aryl methyl sites for hydroxylation is 3. The molecule has 3 heteroatoms. The second-order valence-electron chi connectivity index (χ2n) is 4.48. The third kappa shape index (κ3) is 2.24. The van der Waals surface area contributed by atoms with E-state index in [-0.39, 0.29) is 0 Å². The Morgan fingerprint density at radius 3 is 2.65 bits per heavy atom. The van der Waals surface area contributed by atoms with Gasteiger partial charge in [-0.05, 0) is 38.1 Å². The molecule has 1 heterocycles. The van der Waals surface area contributed by atoms with Gasteiger partial charge in [-0.25, -0.2) is 4.98 Å². The van der Waals surface area contributed by atoms with E-state index >= 15 is 0 Å². The highest BCUT2D eigenvalue weighted by Gasteiger charge is 2.10. The van der Waals surface area contributed by atoms with Crippen LogP contribution in [0.15, 0.2) is 24.5 Å². The molecule has 1 aromatic carbocycles. The zero-order chi connectivity index (χ0) is 12.4. The van der Waals surface area contributed by atoms with E-state index in [1.165, 1.54) is 22.4 Å². The second-order valence-corrected chi connectivity index (χ2v) is 4.48. The normalized spacial score (nSPS) is 10.8. The molecule has 0 bridgehead atoms. The second kappa shape index (κ2) is 4.72. The van der Waals surface area contributed by atoms with Crippen molar-refractivity contribution in [3.05, 3.63) is 41.3 Å². The van der Waals surface area contributed by atoms with Gasteiger partial charge in [0, 0.05) is 19.2 Å². The zero-order valence-corrected chi connectivity index (χ0v) is 10.9. The summed E-state index contributed by atoms with van der Waals surface area (Å²) in [6.45, 7) is 5.10. The zero-order valence-electron chi connectivity index (χ0n) is 10.9. The Labute approximate surface area is 103 Å². The molecule has 90 valence electrons. The smallest absolute Gasteiger partial charge is 0.0953 e. The molecule has 0 aliphatic heterocycles. The van der Waals surface area contributed by atoms with Gasteiger partial charge in [-0.3, -0.25) is 0 Å². The molecule has 3 nitrogen and oxygen atoms in total. The van der Waals surface area contributed by atoms with Gasteiger partial charge in [0.2, 0.25) is 0 Å². The Bertz CT molecular complexity index is 526. The van der Waals surface area contributed by atoms with Crippen LogP contribution >= 0.6 is 0 Å². The number of aromatic nitrogens is 2. The lowest BCUT2D eigenvalue weighted by molar-refractivity contribution is 0.735. The van der Waals surface area contributed by atoms with E-state index in [2.05, 4.69) is 46.9 Å². The molecule has 1 N–H and O–H groups in total. The van der Waals surface area contributed by atoms with E-state index in [0.717, 1.165) is 12.2 Å². The average molecular weight is 229 g/mol. The van der Waals surface area contributed by atoms with Gasteiger partial charge in [-0.2, -0.15) is 0 Å². The molecule has 0 amide bonds. The molecule has 0 saturated carbocycles. The largest absolute Gasteiger partial charge is 0.336 e. The topological polar surface area (TPSA) is 29.9 Å². The number of rotatable bonds is 3. The minimum absolute atomic E-state index is 0.832. The number of benzene rings is 1.